The largest absolute Gasteiger partial charge is 0.355 e. The number of nitrogens with zero attached hydrogens (tertiary/aromatic N) is 2. The van der Waals surface area contributed by atoms with Gasteiger partial charge in [-0.05, 0) is 37.8 Å². The summed E-state index contributed by atoms with van der Waals surface area (Å²) >= 11 is 0. The molecule has 2 atom stereocenters. The first-order valence-electron chi connectivity index (χ1n) is 8.42. The van der Waals surface area contributed by atoms with Gasteiger partial charge in [0.15, 0.2) is 5.96 Å². The number of nitrogens with one attached hydrogen (secondary N) is 2. The highest BCUT2D eigenvalue weighted by Crippen LogP contribution is 2.19. The van der Waals surface area contributed by atoms with Crippen LogP contribution in [0.2, 0.25) is 0 Å². The van der Waals surface area contributed by atoms with Crippen LogP contribution in [-0.2, 0) is 13.0 Å². The van der Waals surface area contributed by atoms with Gasteiger partial charge in [0, 0.05) is 38.8 Å². The van der Waals surface area contributed by atoms with Crippen molar-refractivity contribution in [3.8, 4) is 0 Å². The molecule has 23 heavy (non-hydrogen) atoms. The lowest BCUT2D eigenvalue weighted by molar-refractivity contribution is 0.191. The first-order chi connectivity index (χ1) is 10.6. The first-order valence-corrected chi connectivity index (χ1v) is 8.42. The average molecular weight is 430 g/mol. The third-order valence-corrected chi connectivity index (χ3v) is 4.57. The molecule has 0 aromatic heterocycles. The predicted molar refractivity (Wildman–Crippen MR) is 110 cm³/mol. The van der Waals surface area contributed by atoms with Crippen molar-refractivity contribution in [3.63, 3.8) is 0 Å². The van der Waals surface area contributed by atoms with Gasteiger partial charge in [-0.25, -0.2) is 0 Å². The fourth-order valence-electron chi connectivity index (χ4n) is 2.80. The van der Waals surface area contributed by atoms with Crippen LogP contribution in [0.4, 0.5) is 0 Å². The van der Waals surface area contributed by atoms with Crippen molar-refractivity contribution in [1.29, 1.82) is 0 Å². The molecule has 1 aliphatic heterocycles. The lowest BCUT2D eigenvalue weighted by Crippen LogP contribution is -2.48. The second kappa shape index (κ2) is 10.1. The molecule has 1 aliphatic rings. The van der Waals surface area contributed by atoms with Crippen molar-refractivity contribution in [3.05, 3.63) is 35.4 Å². The SMILES string of the molecule is CCC(C)NC(=NC)NCC(C)N1CCc2ccccc2C1.I. The standard InChI is InChI=1S/C18H30N4.HI/c1-5-14(2)21-18(19-4)20-12-15(3)22-11-10-16-8-6-7-9-17(16)13-22;/h6-9,14-15H,5,10-13H2,1-4H3,(H2,19,20,21);1H. The zero-order valence-corrected chi connectivity index (χ0v) is 17.1. The normalized spacial score (nSPS) is 17.7. The molecule has 1 aromatic carbocycles. The Morgan fingerprint density at radius 2 is 1.96 bits per heavy atom. The summed E-state index contributed by atoms with van der Waals surface area (Å²) in [6.07, 6.45) is 2.25. The van der Waals surface area contributed by atoms with Crippen LogP contribution >= 0.6 is 24.0 Å². The fourth-order valence-corrected chi connectivity index (χ4v) is 2.80. The van der Waals surface area contributed by atoms with Crippen molar-refractivity contribution in [2.45, 2.75) is 52.2 Å². The van der Waals surface area contributed by atoms with Gasteiger partial charge in [0.05, 0.1) is 0 Å². The van der Waals surface area contributed by atoms with Crippen molar-refractivity contribution in [1.82, 2.24) is 15.5 Å². The van der Waals surface area contributed by atoms with Crippen molar-refractivity contribution in [2.24, 2.45) is 4.99 Å². The number of aliphatic imine (C=N–C) groups is 1. The molecule has 0 bridgehead atoms. The molecule has 0 spiro atoms. The van der Waals surface area contributed by atoms with E-state index in [2.05, 4.69) is 65.6 Å². The molecule has 130 valence electrons. The summed E-state index contributed by atoms with van der Waals surface area (Å²) < 4.78 is 0. The summed E-state index contributed by atoms with van der Waals surface area (Å²) in [4.78, 5) is 6.85. The van der Waals surface area contributed by atoms with Gasteiger partial charge in [0.25, 0.3) is 0 Å². The van der Waals surface area contributed by atoms with E-state index in [4.69, 9.17) is 0 Å². The molecule has 5 heteroatoms. The Bertz CT molecular complexity index is 504. The van der Waals surface area contributed by atoms with Crippen molar-refractivity contribution in [2.75, 3.05) is 20.1 Å². The molecule has 1 heterocycles. The first kappa shape index (κ1) is 20.2. The molecule has 0 radical (unpaired) electrons. The van der Waals surface area contributed by atoms with E-state index in [1.54, 1.807) is 0 Å². The molecule has 0 saturated heterocycles. The predicted octanol–water partition coefficient (Wildman–Crippen LogP) is 3.01. The van der Waals surface area contributed by atoms with E-state index >= 15 is 0 Å². The highest BCUT2D eigenvalue weighted by atomic mass is 127. The van der Waals surface area contributed by atoms with E-state index in [1.165, 1.54) is 11.1 Å². The van der Waals surface area contributed by atoms with E-state index in [9.17, 15) is 0 Å². The minimum Gasteiger partial charge on any atom is -0.355 e. The molecule has 0 amide bonds. The van der Waals surface area contributed by atoms with Crippen molar-refractivity contribution >= 4 is 29.9 Å². The number of halogens is 1. The van der Waals surface area contributed by atoms with Gasteiger partial charge in [0.2, 0.25) is 0 Å². The molecule has 2 N–H and O–H groups in total. The maximum Gasteiger partial charge on any atom is 0.191 e. The van der Waals surface area contributed by atoms with Crippen LogP contribution in [0.1, 0.15) is 38.3 Å². The Labute approximate surface area is 158 Å². The summed E-state index contributed by atoms with van der Waals surface area (Å²) in [5, 5.41) is 6.86. The maximum atomic E-state index is 4.30. The van der Waals surface area contributed by atoms with E-state index in [0.717, 1.165) is 38.4 Å². The van der Waals surface area contributed by atoms with Gasteiger partial charge >= 0.3 is 0 Å². The maximum absolute atomic E-state index is 4.30. The molecule has 1 aromatic rings. The van der Waals surface area contributed by atoms with Gasteiger partial charge in [0.1, 0.15) is 0 Å². The molecule has 2 unspecified atom stereocenters. The lowest BCUT2D eigenvalue weighted by atomic mass is 9.99. The monoisotopic (exact) mass is 430 g/mol. The summed E-state index contributed by atoms with van der Waals surface area (Å²) in [6.45, 7) is 9.75. The van der Waals surface area contributed by atoms with Gasteiger partial charge < -0.3 is 10.6 Å². The number of hydrogen-bond donors (Lipinski definition) is 2. The van der Waals surface area contributed by atoms with E-state index < -0.39 is 0 Å². The second-order valence-corrected chi connectivity index (χ2v) is 6.24. The van der Waals surface area contributed by atoms with Gasteiger partial charge in [-0.3, -0.25) is 9.89 Å². The number of benzene rings is 1. The highest BCUT2D eigenvalue weighted by molar-refractivity contribution is 14.0. The molecule has 0 fully saturated rings. The Balaban J connectivity index is 0.00000264. The Morgan fingerprint density at radius 1 is 1.26 bits per heavy atom. The third-order valence-electron chi connectivity index (χ3n) is 4.57. The van der Waals surface area contributed by atoms with Crippen LogP contribution < -0.4 is 10.6 Å². The van der Waals surface area contributed by atoms with E-state index in [0.29, 0.717) is 12.1 Å². The lowest BCUT2D eigenvalue weighted by Gasteiger charge is -2.34. The van der Waals surface area contributed by atoms with E-state index in [-0.39, 0.29) is 24.0 Å². The Kier molecular flexibility index (Phi) is 8.91. The molecule has 4 nitrogen and oxygen atoms in total. The minimum absolute atomic E-state index is 0. The number of guanidine groups is 1. The molecular formula is C18H31IN4. The van der Waals surface area contributed by atoms with Gasteiger partial charge in [-0.15, -0.1) is 24.0 Å². The van der Waals surface area contributed by atoms with Gasteiger partial charge in [-0.2, -0.15) is 0 Å². The Morgan fingerprint density at radius 3 is 2.61 bits per heavy atom. The summed E-state index contributed by atoms with van der Waals surface area (Å²) in [5.74, 6) is 0.901. The van der Waals surface area contributed by atoms with Crippen LogP contribution in [0.15, 0.2) is 29.3 Å². The highest BCUT2D eigenvalue weighted by Gasteiger charge is 2.20. The smallest absolute Gasteiger partial charge is 0.191 e. The molecule has 0 saturated carbocycles. The minimum atomic E-state index is 0. The molecule has 2 rings (SSSR count). The number of hydrogen-bond acceptors (Lipinski definition) is 2. The topological polar surface area (TPSA) is 39.7 Å². The zero-order valence-electron chi connectivity index (χ0n) is 14.8. The summed E-state index contributed by atoms with van der Waals surface area (Å²) in [6, 6.07) is 9.73. The number of rotatable bonds is 5. The van der Waals surface area contributed by atoms with E-state index in [1.807, 2.05) is 7.05 Å². The third kappa shape index (κ3) is 5.95. The van der Waals surface area contributed by atoms with Crippen LogP contribution in [0.25, 0.3) is 0 Å². The van der Waals surface area contributed by atoms with Crippen molar-refractivity contribution < 1.29 is 0 Å². The molecule has 0 aliphatic carbocycles. The quantitative estimate of drug-likeness (QED) is 0.429. The van der Waals surface area contributed by atoms with Crippen LogP contribution in [-0.4, -0.2) is 43.1 Å². The van der Waals surface area contributed by atoms with Crippen LogP contribution in [0, 0.1) is 0 Å². The Hall–Kier alpha value is -0.820. The average Bonchev–Trinajstić information content (AvgIpc) is 2.57. The summed E-state index contributed by atoms with van der Waals surface area (Å²) in [7, 11) is 1.83. The summed E-state index contributed by atoms with van der Waals surface area (Å²) in [5.41, 5.74) is 2.98. The second-order valence-electron chi connectivity index (χ2n) is 6.24. The van der Waals surface area contributed by atoms with Gasteiger partial charge in [-0.1, -0.05) is 31.2 Å². The van der Waals surface area contributed by atoms with Crippen LogP contribution in [0.5, 0.6) is 0 Å². The molecular weight excluding hydrogens is 399 g/mol. The number of fused-ring (bicyclic) bond motifs is 1. The fraction of sp³-hybridized carbons (Fsp3) is 0.611. The zero-order chi connectivity index (χ0) is 15.9. The van der Waals surface area contributed by atoms with Crippen LogP contribution in [0.3, 0.4) is 0 Å².